The van der Waals surface area contributed by atoms with E-state index in [9.17, 15) is 14.4 Å². The number of carbonyl (C=O) groups is 3. The predicted molar refractivity (Wildman–Crippen MR) is 133 cm³/mol. The fraction of sp³-hybridized carbons (Fsp3) is 0.296. The number of anilines is 1. The van der Waals surface area contributed by atoms with Gasteiger partial charge in [-0.1, -0.05) is 18.2 Å². The molecule has 3 amide bonds. The van der Waals surface area contributed by atoms with Crippen molar-refractivity contribution in [2.75, 3.05) is 18.4 Å². The summed E-state index contributed by atoms with van der Waals surface area (Å²) in [5.41, 5.74) is 4.68. The highest BCUT2D eigenvalue weighted by molar-refractivity contribution is 7.10. The number of likely N-dealkylation sites (tertiary alicyclic amines) is 1. The Hall–Kier alpha value is -3.45. The number of nitrogens with zero attached hydrogens (tertiary/aromatic N) is 2. The molecule has 0 spiro atoms. The first-order valence-electron chi connectivity index (χ1n) is 11.6. The summed E-state index contributed by atoms with van der Waals surface area (Å²) in [6, 6.07) is 14.9. The molecule has 1 fully saturated rings. The number of hydrogen-bond acceptors (Lipinski definition) is 4. The Morgan fingerprint density at radius 3 is 2.74 bits per heavy atom. The number of amides is 3. The van der Waals surface area contributed by atoms with Crippen molar-refractivity contribution in [3.05, 3.63) is 86.6 Å². The zero-order chi connectivity index (χ0) is 23.7. The van der Waals surface area contributed by atoms with Crippen LogP contribution in [-0.4, -0.2) is 40.6 Å². The zero-order valence-corrected chi connectivity index (χ0v) is 20.0. The van der Waals surface area contributed by atoms with Crippen LogP contribution in [-0.2, 0) is 24.3 Å². The third kappa shape index (κ3) is 4.48. The molecule has 1 saturated heterocycles. The van der Waals surface area contributed by atoms with Crippen LogP contribution in [0.1, 0.15) is 55.1 Å². The van der Waals surface area contributed by atoms with Crippen LogP contribution in [0.5, 0.6) is 0 Å². The van der Waals surface area contributed by atoms with Gasteiger partial charge < -0.3 is 15.1 Å². The van der Waals surface area contributed by atoms with Gasteiger partial charge in [-0.25, -0.2) is 0 Å². The van der Waals surface area contributed by atoms with Crippen molar-refractivity contribution >= 4 is 34.7 Å². The number of benzene rings is 2. The Bertz CT molecular complexity index is 1270. The molecule has 0 atom stereocenters. The van der Waals surface area contributed by atoms with Crippen LogP contribution < -0.4 is 5.32 Å². The molecule has 0 radical (unpaired) electrons. The van der Waals surface area contributed by atoms with Gasteiger partial charge in [0, 0.05) is 54.3 Å². The van der Waals surface area contributed by atoms with E-state index in [-0.39, 0.29) is 17.7 Å². The lowest BCUT2D eigenvalue weighted by molar-refractivity contribution is -0.128. The van der Waals surface area contributed by atoms with Crippen molar-refractivity contribution in [1.82, 2.24) is 9.80 Å². The van der Waals surface area contributed by atoms with Crippen LogP contribution in [0.25, 0.3) is 0 Å². The molecule has 7 heteroatoms. The molecule has 2 aliphatic rings. The van der Waals surface area contributed by atoms with Gasteiger partial charge in [0.2, 0.25) is 5.91 Å². The monoisotopic (exact) mass is 473 g/mol. The molecular weight excluding hydrogens is 446 g/mol. The molecule has 3 heterocycles. The topological polar surface area (TPSA) is 69.7 Å². The summed E-state index contributed by atoms with van der Waals surface area (Å²) in [6.07, 6.45) is 2.37. The third-order valence-corrected chi connectivity index (χ3v) is 7.66. The zero-order valence-electron chi connectivity index (χ0n) is 19.2. The van der Waals surface area contributed by atoms with Crippen LogP contribution in [0.3, 0.4) is 0 Å². The van der Waals surface area contributed by atoms with E-state index < -0.39 is 0 Å². The lowest BCUT2D eigenvalue weighted by atomic mass is 10.0. The average molecular weight is 474 g/mol. The highest BCUT2D eigenvalue weighted by Crippen LogP contribution is 2.27. The fourth-order valence-corrected chi connectivity index (χ4v) is 5.58. The molecule has 5 rings (SSSR count). The van der Waals surface area contributed by atoms with Gasteiger partial charge in [0.15, 0.2) is 0 Å². The molecule has 2 aliphatic heterocycles. The second kappa shape index (κ2) is 9.43. The molecule has 0 aliphatic carbocycles. The lowest BCUT2D eigenvalue weighted by Gasteiger charge is -2.28. The molecule has 2 aromatic carbocycles. The quantitative estimate of drug-likeness (QED) is 0.587. The van der Waals surface area contributed by atoms with Gasteiger partial charge in [0.1, 0.15) is 0 Å². The summed E-state index contributed by atoms with van der Waals surface area (Å²) in [5, 5.41) is 5.06. The van der Waals surface area contributed by atoms with E-state index in [2.05, 4.69) is 16.8 Å². The van der Waals surface area contributed by atoms with E-state index in [4.69, 9.17) is 0 Å². The first-order valence-corrected chi connectivity index (χ1v) is 12.5. The van der Waals surface area contributed by atoms with E-state index in [0.717, 1.165) is 30.5 Å². The molecule has 6 nitrogen and oxygen atoms in total. The molecule has 0 unspecified atom stereocenters. The fourth-order valence-electron chi connectivity index (χ4n) is 4.69. The predicted octanol–water partition coefficient (Wildman–Crippen LogP) is 4.63. The van der Waals surface area contributed by atoms with Crippen molar-refractivity contribution in [2.24, 2.45) is 0 Å². The van der Waals surface area contributed by atoms with Crippen LogP contribution in [0.4, 0.5) is 5.69 Å². The summed E-state index contributed by atoms with van der Waals surface area (Å²) >= 11 is 1.75. The van der Waals surface area contributed by atoms with E-state index >= 15 is 0 Å². The van der Waals surface area contributed by atoms with Gasteiger partial charge >= 0.3 is 0 Å². The Labute approximate surface area is 203 Å². The summed E-state index contributed by atoms with van der Waals surface area (Å²) in [7, 11) is 0. The van der Waals surface area contributed by atoms with Crippen molar-refractivity contribution in [2.45, 2.75) is 39.3 Å². The second-order valence-electron chi connectivity index (χ2n) is 8.90. The Morgan fingerprint density at radius 1 is 1.06 bits per heavy atom. The molecule has 0 bridgehead atoms. The Balaban J connectivity index is 1.30. The number of nitrogens with one attached hydrogen (secondary N) is 1. The van der Waals surface area contributed by atoms with Crippen LogP contribution in [0, 0.1) is 6.92 Å². The van der Waals surface area contributed by atoms with Gasteiger partial charge in [-0.05, 0) is 72.2 Å². The minimum absolute atomic E-state index is 0.0114. The highest BCUT2D eigenvalue weighted by atomic mass is 32.1. The van der Waals surface area contributed by atoms with Crippen LogP contribution >= 0.6 is 11.3 Å². The molecule has 3 aromatic rings. The highest BCUT2D eigenvalue weighted by Gasteiger charge is 2.25. The normalized spacial score (nSPS) is 15.4. The summed E-state index contributed by atoms with van der Waals surface area (Å²) in [5.74, 6) is -0.0817. The smallest absolute Gasteiger partial charge is 0.255 e. The molecule has 174 valence electrons. The van der Waals surface area contributed by atoms with Crippen LogP contribution in [0.15, 0.2) is 53.9 Å². The maximum atomic E-state index is 13.3. The van der Waals surface area contributed by atoms with Gasteiger partial charge in [0.25, 0.3) is 11.8 Å². The largest absolute Gasteiger partial charge is 0.338 e. The Morgan fingerprint density at radius 2 is 1.91 bits per heavy atom. The van der Waals surface area contributed by atoms with Gasteiger partial charge in [-0.2, -0.15) is 0 Å². The van der Waals surface area contributed by atoms with Crippen molar-refractivity contribution in [1.29, 1.82) is 0 Å². The van der Waals surface area contributed by atoms with Crippen molar-refractivity contribution in [3.8, 4) is 0 Å². The number of thiophene rings is 1. The maximum Gasteiger partial charge on any atom is 0.255 e. The van der Waals surface area contributed by atoms with Crippen molar-refractivity contribution < 1.29 is 14.4 Å². The maximum absolute atomic E-state index is 13.3. The standard InChI is InChI=1S/C27H27N3O3S/c1-18-22(27(33)30-13-10-24-21(17-30)11-14-34-24)7-3-8-23(18)28-26(32)20-6-2-5-19(15-20)16-29-12-4-9-25(29)31/h2-3,5-8,11,14-15H,4,9-10,12-13,16-17H2,1H3,(H,28,32). The molecule has 1 N–H and O–H groups in total. The number of hydrogen-bond donors (Lipinski definition) is 1. The third-order valence-electron chi connectivity index (χ3n) is 6.64. The Kier molecular flexibility index (Phi) is 6.20. The SMILES string of the molecule is Cc1c(NC(=O)c2cccc(CN3CCCC3=O)c2)cccc1C(=O)N1CCc2sccc2C1. The lowest BCUT2D eigenvalue weighted by Crippen LogP contribution is -2.35. The van der Waals surface area contributed by atoms with Gasteiger partial charge in [-0.3, -0.25) is 14.4 Å². The van der Waals surface area contributed by atoms with Gasteiger partial charge in [-0.15, -0.1) is 11.3 Å². The summed E-state index contributed by atoms with van der Waals surface area (Å²) in [4.78, 5) is 43.3. The summed E-state index contributed by atoms with van der Waals surface area (Å²) < 4.78 is 0. The minimum Gasteiger partial charge on any atom is -0.338 e. The van der Waals surface area contributed by atoms with Crippen LogP contribution in [0.2, 0.25) is 0 Å². The number of rotatable bonds is 5. The van der Waals surface area contributed by atoms with Crippen molar-refractivity contribution in [3.63, 3.8) is 0 Å². The van der Waals surface area contributed by atoms with E-state index in [1.165, 1.54) is 10.4 Å². The second-order valence-corrected chi connectivity index (χ2v) is 9.90. The summed E-state index contributed by atoms with van der Waals surface area (Å²) in [6.45, 7) is 4.48. The molecule has 0 saturated carbocycles. The van der Waals surface area contributed by atoms with E-state index in [0.29, 0.717) is 42.9 Å². The molecule has 1 aromatic heterocycles. The number of carbonyl (C=O) groups excluding carboxylic acids is 3. The first-order chi connectivity index (χ1) is 16.5. The van der Waals surface area contributed by atoms with E-state index in [1.807, 2.05) is 53.1 Å². The van der Waals surface area contributed by atoms with Gasteiger partial charge in [0.05, 0.1) is 0 Å². The molecule has 34 heavy (non-hydrogen) atoms. The average Bonchev–Trinajstić information content (AvgIpc) is 3.48. The number of fused-ring (bicyclic) bond motifs is 1. The van der Waals surface area contributed by atoms with E-state index in [1.54, 1.807) is 17.4 Å². The minimum atomic E-state index is -0.233. The molecular formula is C27H27N3O3S. The first kappa shape index (κ1) is 22.3.